The highest BCUT2D eigenvalue weighted by Gasteiger charge is 2.21. The Bertz CT molecular complexity index is 2610. The van der Waals surface area contributed by atoms with Crippen LogP contribution in [0.4, 0.5) is 0 Å². The van der Waals surface area contributed by atoms with E-state index in [-0.39, 0.29) is 6.10 Å². The number of aliphatic hydroxyl groups excluding tert-OH is 2. The minimum Gasteiger partial charge on any atom is -0.383 e. The molecule has 0 bridgehead atoms. The van der Waals surface area contributed by atoms with Crippen molar-refractivity contribution >= 4 is 32.3 Å². The summed E-state index contributed by atoms with van der Waals surface area (Å²) in [6.07, 6.45) is 1.81. The Morgan fingerprint density at radius 1 is 0.484 bits per heavy atom. The maximum Gasteiger partial charge on any atom is 0.205 e. The quantitative estimate of drug-likeness (QED) is 0.0537. The lowest BCUT2D eigenvalue weighted by Gasteiger charge is -2.24. The highest BCUT2D eigenvalue weighted by molar-refractivity contribution is 5.87. The van der Waals surface area contributed by atoms with E-state index in [9.17, 15) is 10.2 Å². The molecule has 0 heterocycles. The van der Waals surface area contributed by atoms with E-state index < -0.39 is 12.4 Å². The van der Waals surface area contributed by atoms with Crippen LogP contribution in [0.2, 0.25) is 0 Å². The first kappa shape index (κ1) is 47.5. The van der Waals surface area contributed by atoms with Crippen molar-refractivity contribution in [3.05, 3.63) is 229 Å². The molecular formula is C57H63N3O4. The Morgan fingerprint density at radius 2 is 0.875 bits per heavy atom. The molecule has 0 aliphatic heterocycles. The summed E-state index contributed by atoms with van der Waals surface area (Å²) in [7, 11) is 5.90. The van der Waals surface area contributed by atoms with Gasteiger partial charge in [0.2, 0.25) is 6.29 Å². The van der Waals surface area contributed by atoms with Crippen molar-refractivity contribution in [3.8, 4) is 0 Å². The molecule has 0 saturated heterocycles. The Morgan fingerprint density at radius 3 is 1.33 bits per heavy atom. The van der Waals surface area contributed by atoms with Gasteiger partial charge in [-0.25, -0.2) is 0 Å². The average Bonchev–Trinajstić information content (AvgIpc) is 3.33. The summed E-state index contributed by atoms with van der Waals surface area (Å²) in [5.74, 6) is 0. The van der Waals surface area contributed by atoms with Crippen LogP contribution in [0.5, 0.6) is 0 Å². The van der Waals surface area contributed by atoms with Gasteiger partial charge in [0.25, 0.3) is 0 Å². The van der Waals surface area contributed by atoms with Crippen molar-refractivity contribution in [2.45, 2.75) is 57.9 Å². The van der Waals surface area contributed by atoms with Gasteiger partial charge in [0, 0.05) is 33.7 Å². The number of fused-ring (bicyclic) bond motifs is 3. The summed E-state index contributed by atoms with van der Waals surface area (Å²) < 4.78 is 0. The van der Waals surface area contributed by atoms with Crippen LogP contribution in [-0.4, -0.2) is 59.2 Å². The summed E-state index contributed by atoms with van der Waals surface area (Å²) >= 11 is 0. The minimum absolute atomic E-state index is 0.142. The summed E-state index contributed by atoms with van der Waals surface area (Å²) in [4.78, 5) is 13.9. The predicted octanol–water partition coefficient (Wildman–Crippen LogP) is 12.5. The lowest BCUT2D eigenvalue weighted by Crippen LogP contribution is -2.30. The molecule has 0 fully saturated rings. The van der Waals surface area contributed by atoms with Crippen molar-refractivity contribution in [3.63, 3.8) is 0 Å². The van der Waals surface area contributed by atoms with Crippen molar-refractivity contribution in [2.24, 2.45) is 0 Å². The van der Waals surface area contributed by atoms with Gasteiger partial charge in [-0.3, -0.25) is 9.68 Å². The van der Waals surface area contributed by atoms with Crippen LogP contribution in [0.25, 0.3) is 32.3 Å². The van der Waals surface area contributed by atoms with E-state index >= 15 is 0 Å². The van der Waals surface area contributed by atoms with Crippen LogP contribution in [0.1, 0.15) is 59.8 Å². The number of aliphatic hydroxyl groups is 2. The first-order valence-electron chi connectivity index (χ1n) is 22.2. The molecule has 0 amide bonds. The smallest absolute Gasteiger partial charge is 0.205 e. The SMILES string of the molecule is C=CC(ON(C)Cc1cccc2ccccc12)c1ccccc1.CCCCN(C)Cc1cccc2ccccc12.CN(Cc1cccc2ccccc12)O[C@@H](O)[C@H](O)c1ccccc1. The molecule has 8 aromatic rings. The topological polar surface area (TPSA) is 68.6 Å². The molecule has 0 aromatic heterocycles. The van der Waals surface area contributed by atoms with Crippen LogP contribution in [0.15, 0.2) is 201 Å². The molecule has 8 aromatic carbocycles. The van der Waals surface area contributed by atoms with Gasteiger partial charge in [-0.2, -0.15) is 10.1 Å². The van der Waals surface area contributed by atoms with E-state index in [1.54, 1.807) is 24.2 Å². The first-order chi connectivity index (χ1) is 31.2. The molecule has 0 spiro atoms. The van der Waals surface area contributed by atoms with Gasteiger partial charge in [-0.15, -0.1) is 6.58 Å². The minimum atomic E-state index is -1.33. The number of benzene rings is 8. The Hall–Kier alpha value is -6.00. The van der Waals surface area contributed by atoms with Gasteiger partial charge in [0.05, 0.1) is 0 Å². The van der Waals surface area contributed by atoms with Gasteiger partial charge < -0.3 is 15.1 Å². The Kier molecular flexibility index (Phi) is 18.4. The molecule has 64 heavy (non-hydrogen) atoms. The summed E-state index contributed by atoms with van der Waals surface area (Å²) in [5.41, 5.74) is 5.50. The second-order valence-electron chi connectivity index (χ2n) is 16.1. The van der Waals surface area contributed by atoms with E-state index in [1.807, 2.05) is 78.9 Å². The Labute approximate surface area is 380 Å². The molecular weight excluding hydrogens is 791 g/mol. The highest BCUT2D eigenvalue weighted by Crippen LogP contribution is 2.25. The fraction of sp³-hybridized carbons (Fsp3) is 0.228. The number of unbranched alkanes of at least 4 members (excludes halogenated alkanes) is 1. The predicted molar refractivity (Wildman–Crippen MR) is 265 cm³/mol. The fourth-order valence-corrected chi connectivity index (χ4v) is 7.78. The summed E-state index contributed by atoms with van der Waals surface area (Å²) in [6, 6.07) is 63.4. The van der Waals surface area contributed by atoms with Gasteiger partial charge >= 0.3 is 0 Å². The molecule has 2 N–H and O–H groups in total. The summed E-state index contributed by atoms with van der Waals surface area (Å²) in [5, 5.41) is 31.3. The maximum absolute atomic E-state index is 10.2. The standard InChI is InChI=1S/C21H21NO.C20H21NO3.C16H21N/c1-3-21(18-11-5-4-6-12-18)23-22(2)16-19-14-9-13-17-10-7-8-15-20(17)19;1-21(24-20(23)19(22)16-9-3-2-4-10-16)14-17-12-7-11-15-8-5-6-13-18(15)17;1-3-4-12-17(2)13-15-10-7-9-14-8-5-6-11-16(14)15/h3-15,21H,1,16H2,2H3;2-13,19-20,22-23H,14H2,1H3;5-11H,3-4,12-13H2,1-2H3/t;19-,20-;/m.1./s1. The number of nitrogens with zero attached hydrogens (tertiary/aromatic N) is 3. The van der Waals surface area contributed by atoms with Crippen LogP contribution in [0.3, 0.4) is 0 Å². The molecule has 1 unspecified atom stereocenters. The fourth-order valence-electron chi connectivity index (χ4n) is 7.78. The van der Waals surface area contributed by atoms with Gasteiger partial charge in [-0.1, -0.05) is 207 Å². The van der Waals surface area contributed by atoms with Gasteiger partial charge in [0.15, 0.2) is 0 Å². The van der Waals surface area contributed by atoms with Crippen molar-refractivity contribution in [1.82, 2.24) is 15.0 Å². The molecule has 0 aliphatic carbocycles. The monoisotopic (exact) mass is 853 g/mol. The molecule has 7 nitrogen and oxygen atoms in total. The zero-order chi connectivity index (χ0) is 45.1. The zero-order valence-corrected chi connectivity index (χ0v) is 37.7. The second-order valence-corrected chi connectivity index (χ2v) is 16.1. The average molecular weight is 854 g/mol. The van der Waals surface area contributed by atoms with E-state index in [1.165, 1.54) is 52.1 Å². The van der Waals surface area contributed by atoms with Crippen LogP contribution >= 0.6 is 0 Å². The molecule has 3 atom stereocenters. The van der Waals surface area contributed by atoms with Crippen LogP contribution < -0.4 is 0 Å². The zero-order valence-electron chi connectivity index (χ0n) is 37.7. The third kappa shape index (κ3) is 13.7. The number of hydrogen-bond acceptors (Lipinski definition) is 7. The van der Waals surface area contributed by atoms with E-state index in [4.69, 9.17) is 9.68 Å². The maximum atomic E-state index is 10.2. The summed E-state index contributed by atoms with van der Waals surface area (Å²) in [6.45, 7) is 9.58. The van der Waals surface area contributed by atoms with E-state index in [2.05, 4.69) is 141 Å². The lowest BCUT2D eigenvalue weighted by atomic mass is 10.0. The number of rotatable bonds is 17. The lowest BCUT2D eigenvalue weighted by molar-refractivity contribution is -0.287. The van der Waals surface area contributed by atoms with Gasteiger partial charge in [-0.05, 0) is 80.1 Å². The van der Waals surface area contributed by atoms with E-state index in [0.29, 0.717) is 12.1 Å². The molecule has 0 saturated carbocycles. The Balaban J connectivity index is 0.000000162. The third-order valence-electron chi connectivity index (χ3n) is 11.1. The highest BCUT2D eigenvalue weighted by atomic mass is 16.8. The van der Waals surface area contributed by atoms with Crippen LogP contribution in [-0.2, 0) is 29.3 Å². The molecule has 8 rings (SSSR count). The van der Waals surface area contributed by atoms with Crippen molar-refractivity contribution in [2.75, 3.05) is 27.7 Å². The normalized spacial score (nSPS) is 12.7. The third-order valence-corrected chi connectivity index (χ3v) is 11.1. The largest absolute Gasteiger partial charge is 0.383 e. The van der Waals surface area contributed by atoms with Gasteiger partial charge in [0.1, 0.15) is 12.2 Å². The molecule has 0 radical (unpaired) electrons. The number of hydroxylamine groups is 4. The van der Waals surface area contributed by atoms with Crippen molar-refractivity contribution < 1.29 is 19.9 Å². The molecule has 0 aliphatic rings. The van der Waals surface area contributed by atoms with Crippen molar-refractivity contribution in [1.29, 1.82) is 0 Å². The van der Waals surface area contributed by atoms with Crippen LogP contribution in [0, 0.1) is 0 Å². The molecule has 330 valence electrons. The number of hydrogen-bond donors (Lipinski definition) is 2. The first-order valence-corrected chi connectivity index (χ1v) is 22.2. The molecule has 7 heteroatoms. The second kappa shape index (κ2) is 24.7. The van der Waals surface area contributed by atoms with E-state index in [0.717, 1.165) is 35.0 Å².